The van der Waals surface area contributed by atoms with Crippen molar-refractivity contribution in [1.29, 1.82) is 0 Å². The molecular weight excluding hydrogens is 336 g/mol. The average Bonchev–Trinajstić information content (AvgIpc) is 2.96. The minimum absolute atomic E-state index is 0.147. The van der Waals surface area contributed by atoms with Crippen LogP contribution in [0.3, 0.4) is 0 Å². The van der Waals surface area contributed by atoms with E-state index in [1.807, 2.05) is 35.0 Å². The molecular formula is C20H21F2N3O. The Hall–Kier alpha value is -2.47. The average molecular weight is 357 g/mol. The Kier molecular flexibility index (Phi) is 4.36. The highest BCUT2D eigenvalue weighted by molar-refractivity contribution is 5.95. The maximum absolute atomic E-state index is 14.4. The molecule has 0 aliphatic carbocycles. The minimum atomic E-state index is -0.582. The molecule has 1 amide bonds. The van der Waals surface area contributed by atoms with E-state index in [4.69, 9.17) is 0 Å². The third kappa shape index (κ3) is 3.05. The van der Waals surface area contributed by atoms with Gasteiger partial charge in [0, 0.05) is 50.0 Å². The summed E-state index contributed by atoms with van der Waals surface area (Å²) in [6, 6.07) is 9.57. The summed E-state index contributed by atoms with van der Waals surface area (Å²) in [4.78, 5) is 17.9. The van der Waals surface area contributed by atoms with Crippen molar-refractivity contribution in [3.8, 4) is 0 Å². The SMILES string of the molecule is CN1CCN(c2ccc(F)cc2F)c2ccc(N3CCCC3=O)cc2C1. The van der Waals surface area contributed by atoms with Gasteiger partial charge in [-0.25, -0.2) is 8.78 Å². The van der Waals surface area contributed by atoms with E-state index in [1.54, 1.807) is 0 Å². The van der Waals surface area contributed by atoms with Crippen molar-refractivity contribution in [3.05, 3.63) is 53.6 Å². The van der Waals surface area contributed by atoms with Gasteiger partial charge in [0.25, 0.3) is 0 Å². The Balaban J connectivity index is 1.76. The van der Waals surface area contributed by atoms with Crippen LogP contribution in [0.1, 0.15) is 18.4 Å². The minimum Gasteiger partial charge on any atom is -0.338 e. The van der Waals surface area contributed by atoms with E-state index in [2.05, 4.69) is 4.90 Å². The highest BCUT2D eigenvalue weighted by atomic mass is 19.1. The lowest BCUT2D eigenvalue weighted by atomic mass is 10.1. The van der Waals surface area contributed by atoms with E-state index in [-0.39, 0.29) is 5.91 Å². The first-order valence-electron chi connectivity index (χ1n) is 8.87. The molecule has 0 bridgehead atoms. The molecule has 0 N–H and O–H groups in total. The fourth-order valence-corrected chi connectivity index (χ4v) is 3.76. The van der Waals surface area contributed by atoms with Crippen LogP contribution in [0.25, 0.3) is 0 Å². The van der Waals surface area contributed by atoms with Crippen molar-refractivity contribution in [2.75, 3.05) is 36.5 Å². The molecule has 0 spiro atoms. The number of fused-ring (bicyclic) bond motifs is 1. The van der Waals surface area contributed by atoms with Crippen LogP contribution in [-0.2, 0) is 11.3 Å². The summed E-state index contributed by atoms with van der Waals surface area (Å²) in [6.07, 6.45) is 1.46. The first kappa shape index (κ1) is 17.0. The zero-order valence-corrected chi connectivity index (χ0v) is 14.7. The molecule has 2 aliphatic rings. The zero-order valence-electron chi connectivity index (χ0n) is 14.7. The standard InChI is InChI=1S/C20H21F2N3O/c1-23-9-10-25(19-6-4-15(21)12-17(19)22)18-7-5-16(11-14(18)13-23)24-8-2-3-20(24)26/h4-7,11-12H,2-3,8-10,13H2,1H3. The number of hydrogen-bond donors (Lipinski definition) is 0. The highest BCUT2D eigenvalue weighted by Crippen LogP contribution is 2.36. The van der Waals surface area contributed by atoms with Crippen LogP contribution in [0, 0.1) is 11.6 Å². The Morgan fingerprint density at radius 2 is 1.73 bits per heavy atom. The summed E-state index contributed by atoms with van der Waals surface area (Å²) in [5, 5.41) is 0. The molecule has 0 radical (unpaired) electrons. The number of hydrogen-bond acceptors (Lipinski definition) is 3. The summed E-state index contributed by atoms with van der Waals surface area (Å²) in [6.45, 7) is 2.81. The third-order valence-electron chi connectivity index (χ3n) is 5.09. The first-order chi connectivity index (χ1) is 12.5. The molecule has 2 aliphatic heterocycles. The number of amides is 1. The number of carbonyl (C=O) groups excluding carboxylic acids is 1. The normalized spacial score (nSPS) is 18.2. The predicted octanol–water partition coefficient (Wildman–Crippen LogP) is 3.68. The van der Waals surface area contributed by atoms with E-state index >= 15 is 0 Å². The molecule has 2 aromatic carbocycles. The Morgan fingerprint density at radius 3 is 2.46 bits per heavy atom. The van der Waals surface area contributed by atoms with Crippen LogP contribution in [0.15, 0.2) is 36.4 Å². The molecule has 0 aromatic heterocycles. The third-order valence-corrected chi connectivity index (χ3v) is 5.09. The topological polar surface area (TPSA) is 26.8 Å². The first-order valence-corrected chi connectivity index (χ1v) is 8.87. The fraction of sp³-hybridized carbons (Fsp3) is 0.350. The largest absolute Gasteiger partial charge is 0.338 e. The quantitative estimate of drug-likeness (QED) is 0.820. The predicted molar refractivity (Wildman–Crippen MR) is 97.7 cm³/mol. The molecule has 2 heterocycles. The summed E-state index contributed by atoms with van der Waals surface area (Å²) in [5.41, 5.74) is 3.19. The van der Waals surface area contributed by atoms with Gasteiger partial charge in [0.2, 0.25) is 5.91 Å². The summed E-state index contributed by atoms with van der Waals surface area (Å²) >= 11 is 0. The molecule has 0 atom stereocenters. The molecule has 1 fully saturated rings. The van der Waals surface area contributed by atoms with Gasteiger partial charge in [-0.05, 0) is 49.4 Å². The second-order valence-corrected chi connectivity index (χ2v) is 6.95. The monoisotopic (exact) mass is 357 g/mol. The van der Waals surface area contributed by atoms with Crippen LogP contribution in [0.2, 0.25) is 0 Å². The Bertz CT molecular complexity index is 855. The lowest BCUT2D eigenvalue weighted by Crippen LogP contribution is -2.26. The van der Waals surface area contributed by atoms with Crippen molar-refractivity contribution < 1.29 is 13.6 Å². The zero-order chi connectivity index (χ0) is 18.3. The fourth-order valence-electron chi connectivity index (χ4n) is 3.76. The van der Waals surface area contributed by atoms with Gasteiger partial charge in [0.1, 0.15) is 11.6 Å². The van der Waals surface area contributed by atoms with Gasteiger partial charge < -0.3 is 14.7 Å². The number of carbonyl (C=O) groups is 1. The van der Waals surface area contributed by atoms with E-state index in [0.29, 0.717) is 25.2 Å². The van der Waals surface area contributed by atoms with Crippen molar-refractivity contribution >= 4 is 23.0 Å². The molecule has 26 heavy (non-hydrogen) atoms. The Labute approximate surface area is 151 Å². The number of nitrogens with zero attached hydrogens (tertiary/aromatic N) is 3. The van der Waals surface area contributed by atoms with E-state index in [9.17, 15) is 13.6 Å². The van der Waals surface area contributed by atoms with Gasteiger partial charge >= 0.3 is 0 Å². The number of benzene rings is 2. The maximum atomic E-state index is 14.4. The van der Waals surface area contributed by atoms with Gasteiger partial charge in [-0.15, -0.1) is 0 Å². The second-order valence-electron chi connectivity index (χ2n) is 6.95. The number of anilines is 3. The molecule has 6 heteroatoms. The number of halogens is 2. The maximum Gasteiger partial charge on any atom is 0.227 e. The molecule has 4 nitrogen and oxygen atoms in total. The molecule has 0 saturated carbocycles. The van der Waals surface area contributed by atoms with Gasteiger partial charge in [-0.2, -0.15) is 0 Å². The van der Waals surface area contributed by atoms with Crippen LogP contribution in [-0.4, -0.2) is 37.5 Å². The van der Waals surface area contributed by atoms with Crippen LogP contribution in [0.4, 0.5) is 25.8 Å². The van der Waals surface area contributed by atoms with Crippen molar-refractivity contribution in [2.45, 2.75) is 19.4 Å². The van der Waals surface area contributed by atoms with E-state index < -0.39 is 11.6 Å². The smallest absolute Gasteiger partial charge is 0.227 e. The molecule has 136 valence electrons. The van der Waals surface area contributed by atoms with Crippen LogP contribution < -0.4 is 9.80 Å². The van der Waals surface area contributed by atoms with E-state index in [0.717, 1.165) is 42.5 Å². The molecule has 4 rings (SSSR count). The highest BCUT2D eigenvalue weighted by Gasteiger charge is 2.25. The molecule has 2 aromatic rings. The Morgan fingerprint density at radius 1 is 0.923 bits per heavy atom. The van der Waals surface area contributed by atoms with Gasteiger partial charge in [0.05, 0.1) is 5.69 Å². The second kappa shape index (κ2) is 6.68. The summed E-state index contributed by atoms with van der Waals surface area (Å²) in [5.74, 6) is -1.01. The van der Waals surface area contributed by atoms with Crippen LogP contribution in [0.5, 0.6) is 0 Å². The van der Waals surface area contributed by atoms with Crippen LogP contribution >= 0.6 is 0 Å². The van der Waals surface area contributed by atoms with Crippen molar-refractivity contribution in [2.24, 2.45) is 0 Å². The van der Waals surface area contributed by atoms with Gasteiger partial charge in [-0.3, -0.25) is 4.79 Å². The van der Waals surface area contributed by atoms with E-state index in [1.165, 1.54) is 12.1 Å². The van der Waals surface area contributed by atoms with Crippen molar-refractivity contribution in [3.63, 3.8) is 0 Å². The summed E-state index contributed by atoms with van der Waals surface area (Å²) < 4.78 is 27.7. The lowest BCUT2D eigenvalue weighted by molar-refractivity contribution is -0.117. The summed E-state index contributed by atoms with van der Waals surface area (Å²) in [7, 11) is 2.02. The van der Waals surface area contributed by atoms with Crippen molar-refractivity contribution in [1.82, 2.24) is 4.90 Å². The van der Waals surface area contributed by atoms with Gasteiger partial charge in [-0.1, -0.05) is 0 Å². The molecule has 0 unspecified atom stereocenters. The van der Waals surface area contributed by atoms with Gasteiger partial charge in [0.15, 0.2) is 0 Å². The lowest BCUT2D eigenvalue weighted by Gasteiger charge is -2.26. The molecule has 1 saturated heterocycles. The number of likely N-dealkylation sites (N-methyl/N-ethyl adjacent to an activating group) is 1. The number of rotatable bonds is 2.